The molecule has 2 N–H and O–H groups in total. The fraction of sp³-hybridized carbons (Fsp3) is 0.222. The van der Waals surface area contributed by atoms with Gasteiger partial charge in [-0.3, -0.25) is 5.10 Å². The Morgan fingerprint density at radius 3 is 2.75 bits per heavy atom. The molecule has 3 rings (SSSR count). The maximum absolute atomic E-state index is 5.95. The molecule has 0 saturated carbocycles. The molecule has 124 valence electrons. The fourth-order valence-electron chi connectivity index (χ4n) is 2.40. The van der Waals surface area contributed by atoms with E-state index in [0.717, 1.165) is 32.9 Å². The molecule has 5 nitrogen and oxygen atoms in total. The van der Waals surface area contributed by atoms with E-state index < -0.39 is 0 Å². The number of nitrogens with zero attached hydrogens (tertiary/aromatic N) is 2. The molecule has 2 heterocycles. The molecule has 2 aromatic heterocycles. The second kappa shape index (κ2) is 7.05. The molecule has 0 saturated heterocycles. The van der Waals surface area contributed by atoms with Gasteiger partial charge in [0.1, 0.15) is 5.75 Å². The highest BCUT2D eigenvalue weighted by atomic mass is 79.9. The van der Waals surface area contributed by atoms with Crippen LogP contribution in [0, 0.1) is 20.8 Å². The van der Waals surface area contributed by atoms with E-state index in [1.165, 1.54) is 5.56 Å². The largest absolute Gasteiger partial charge is 0.438 e. The maximum Gasteiger partial charge on any atom is 0.233 e. The topological polar surface area (TPSA) is 62.8 Å². The SMILES string of the molecule is Cc1ccc(NCc2c(C)n[nH]c2C)cc1Oc1ncccc1Br. The molecule has 0 spiro atoms. The number of hydrogen-bond donors (Lipinski definition) is 2. The van der Waals surface area contributed by atoms with Crippen LogP contribution in [0.4, 0.5) is 5.69 Å². The molecule has 0 aliphatic carbocycles. The van der Waals surface area contributed by atoms with E-state index >= 15 is 0 Å². The highest BCUT2D eigenvalue weighted by Gasteiger charge is 2.09. The third kappa shape index (κ3) is 3.59. The Labute approximate surface area is 149 Å². The minimum atomic E-state index is 0.555. The first-order valence-corrected chi connectivity index (χ1v) is 8.47. The summed E-state index contributed by atoms with van der Waals surface area (Å²) < 4.78 is 6.77. The van der Waals surface area contributed by atoms with Crippen molar-refractivity contribution >= 4 is 21.6 Å². The van der Waals surface area contributed by atoms with Gasteiger partial charge in [-0.1, -0.05) is 6.07 Å². The number of nitrogens with one attached hydrogen (secondary N) is 2. The van der Waals surface area contributed by atoms with Crippen molar-refractivity contribution in [3.63, 3.8) is 0 Å². The standard InChI is InChI=1S/C18H19BrN4O/c1-11-6-7-14(21-10-15-12(2)22-23-13(15)3)9-17(11)24-18-16(19)5-4-8-20-18/h4-9,21H,10H2,1-3H3,(H,22,23). The predicted octanol–water partition coefficient (Wildman–Crippen LogP) is 4.90. The van der Waals surface area contributed by atoms with Crippen LogP contribution in [0.3, 0.4) is 0 Å². The van der Waals surface area contributed by atoms with Gasteiger partial charge in [-0.15, -0.1) is 0 Å². The highest BCUT2D eigenvalue weighted by molar-refractivity contribution is 9.10. The fourth-order valence-corrected chi connectivity index (χ4v) is 2.73. The van der Waals surface area contributed by atoms with Gasteiger partial charge in [-0.05, 0) is 60.5 Å². The Bertz CT molecular complexity index is 840. The zero-order chi connectivity index (χ0) is 17.1. The van der Waals surface area contributed by atoms with Gasteiger partial charge in [0.15, 0.2) is 0 Å². The minimum absolute atomic E-state index is 0.555. The van der Waals surface area contributed by atoms with Crippen LogP contribution < -0.4 is 10.1 Å². The maximum atomic E-state index is 5.95. The van der Waals surface area contributed by atoms with Crippen molar-refractivity contribution < 1.29 is 4.74 Å². The summed E-state index contributed by atoms with van der Waals surface area (Å²) in [6.45, 7) is 6.76. The van der Waals surface area contributed by atoms with E-state index in [4.69, 9.17) is 4.74 Å². The third-order valence-corrected chi connectivity index (χ3v) is 4.47. The number of anilines is 1. The third-order valence-electron chi connectivity index (χ3n) is 3.87. The second-order valence-corrected chi connectivity index (χ2v) is 6.49. The quantitative estimate of drug-likeness (QED) is 0.654. The predicted molar refractivity (Wildman–Crippen MR) is 98.6 cm³/mol. The molecule has 0 amide bonds. The van der Waals surface area contributed by atoms with Crippen molar-refractivity contribution in [3.8, 4) is 11.6 Å². The van der Waals surface area contributed by atoms with Gasteiger partial charge in [0.25, 0.3) is 0 Å². The van der Waals surface area contributed by atoms with Gasteiger partial charge < -0.3 is 10.1 Å². The Kier molecular flexibility index (Phi) is 4.85. The number of aromatic nitrogens is 3. The second-order valence-electron chi connectivity index (χ2n) is 5.64. The lowest BCUT2D eigenvalue weighted by Gasteiger charge is -2.12. The number of halogens is 1. The molecular weight excluding hydrogens is 368 g/mol. The van der Waals surface area contributed by atoms with E-state index in [1.807, 2.05) is 51.1 Å². The lowest BCUT2D eigenvalue weighted by Crippen LogP contribution is -2.02. The minimum Gasteiger partial charge on any atom is -0.438 e. The van der Waals surface area contributed by atoms with E-state index in [1.54, 1.807) is 6.20 Å². The van der Waals surface area contributed by atoms with Gasteiger partial charge in [-0.25, -0.2) is 4.98 Å². The van der Waals surface area contributed by atoms with Crippen LogP contribution in [-0.2, 0) is 6.54 Å². The van der Waals surface area contributed by atoms with E-state index in [9.17, 15) is 0 Å². The van der Waals surface area contributed by atoms with Gasteiger partial charge in [-0.2, -0.15) is 5.10 Å². The van der Waals surface area contributed by atoms with Crippen molar-refractivity contribution in [1.29, 1.82) is 0 Å². The monoisotopic (exact) mass is 386 g/mol. The summed E-state index contributed by atoms with van der Waals surface area (Å²) in [5, 5.41) is 10.7. The molecule has 3 aromatic rings. The number of benzene rings is 1. The molecule has 0 aliphatic rings. The van der Waals surface area contributed by atoms with Gasteiger partial charge in [0, 0.05) is 35.8 Å². The average molecular weight is 387 g/mol. The number of aryl methyl sites for hydroxylation is 3. The van der Waals surface area contributed by atoms with Crippen LogP contribution in [-0.4, -0.2) is 15.2 Å². The summed E-state index contributed by atoms with van der Waals surface area (Å²) in [5.41, 5.74) is 5.32. The number of pyridine rings is 1. The molecule has 1 aromatic carbocycles. The number of ether oxygens (including phenoxy) is 1. The van der Waals surface area contributed by atoms with Crippen LogP contribution >= 0.6 is 15.9 Å². The molecule has 0 atom stereocenters. The first-order chi connectivity index (χ1) is 11.5. The number of aromatic amines is 1. The molecule has 0 unspecified atom stereocenters. The Hall–Kier alpha value is -2.34. The Morgan fingerprint density at radius 2 is 2.04 bits per heavy atom. The van der Waals surface area contributed by atoms with Crippen LogP contribution in [0.15, 0.2) is 41.0 Å². The first-order valence-electron chi connectivity index (χ1n) is 7.68. The zero-order valence-corrected chi connectivity index (χ0v) is 15.4. The molecule has 0 bridgehead atoms. The summed E-state index contributed by atoms with van der Waals surface area (Å²) in [6.07, 6.45) is 1.71. The van der Waals surface area contributed by atoms with E-state index in [2.05, 4.69) is 36.4 Å². The first kappa shape index (κ1) is 16.5. The number of rotatable bonds is 5. The summed E-state index contributed by atoms with van der Waals surface area (Å²) >= 11 is 3.46. The van der Waals surface area contributed by atoms with Crippen molar-refractivity contribution in [3.05, 3.63) is 63.5 Å². The van der Waals surface area contributed by atoms with Crippen LogP contribution in [0.1, 0.15) is 22.5 Å². The van der Waals surface area contributed by atoms with Crippen molar-refractivity contribution in [2.24, 2.45) is 0 Å². The highest BCUT2D eigenvalue weighted by Crippen LogP contribution is 2.31. The molecule has 0 radical (unpaired) electrons. The van der Waals surface area contributed by atoms with Crippen molar-refractivity contribution in [2.45, 2.75) is 27.3 Å². The lowest BCUT2D eigenvalue weighted by molar-refractivity contribution is 0.456. The molecular formula is C18H19BrN4O. The van der Waals surface area contributed by atoms with E-state index in [0.29, 0.717) is 12.4 Å². The summed E-state index contributed by atoms with van der Waals surface area (Å²) in [6, 6.07) is 9.83. The molecule has 6 heteroatoms. The van der Waals surface area contributed by atoms with Crippen LogP contribution in [0.2, 0.25) is 0 Å². The van der Waals surface area contributed by atoms with Crippen LogP contribution in [0.5, 0.6) is 11.6 Å². The van der Waals surface area contributed by atoms with E-state index in [-0.39, 0.29) is 0 Å². The Morgan fingerprint density at radius 1 is 1.21 bits per heavy atom. The smallest absolute Gasteiger partial charge is 0.233 e. The zero-order valence-electron chi connectivity index (χ0n) is 13.9. The average Bonchev–Trinajstić information content (AvgIpc) is 2.89. The number of H-pyrrole nitrogens is 1. The molecule has 24 heavy (non-hydrogen) atoms. The van der Waals surface area contributed by atoms with Gasteiger partial charge in [0.2, 0.25) is 5.88 Å². The summed E-state index contributed by atoms with van der Waals surface area (Å²) in [5.74, 6) is 1.33. The van der Waals surface area contributed by atoms with Crippen molar-refractivity contribution in [1.82, 2.24) is 15.2 Å². The van der Waals surface area contributed by atoms with Gasteiger partial charge in [0.05, 0.1) is 10.2 Å². The number of hydrogen-bond acceptors (Lipinski definition) is 4. The summed E-state index contributed by atoms with van der Waals surface area (Å²) in [4.78, 5) is 4.25. The van der Waals surface area contributed by atoms with Crippen molar-refractivity contribution in [2.75, 3.05) is 5.32 Å². The lowest BCUT2D eigenvalue weighted by atomic mass is 10.1. The normalized spacial score (nSPS) is 10.7. The summed E-state index contributed by atoms with van der Waals surface area (Å²) in [7, 11) is 0. The molecule has 0 aliphatic heterocycles. The molecule has 0 fully saturated rings. The van der Waals surface area contributed by atoms with Gasteiger partial charge >= 0.3 is 0 Å². The van der Waals surface area contributed by atoms with Crippen LogP contribution in [0.25, 0.3) is 0 Å². The Balaban J connectivity index is 1.78.